The average Bonchev–Trinajstić information content (AvgIpc) is 3.13. The van der Waals surface area contributed by atoms with Gasteiger partial charge in [-0.1, -0.05) is 12.1 Å². The molecular weight excluding hydrogens is 322 g/mol. The Labute approximate surface area is 154 Å². The quantitative estimate of drug-likeness (QED) is 0.786. The monoisotopic (exact) mass is 347 g/mol. The van der Waals surface area contributed by atoms with E-state index in [1.807, 2.05) is 18.6 Å². The molecule has 4 rings (SSSR count). The fourth-order valence-electron chi connectivity index (χ4n) is 3.54. The molecule has 1 aliphatic rings. The van der Waals surface area contributed by atoms with Gasteiger partial charge in [0.2, 0.25) is 0 Å². The first-order valence-corrected chi connectivity index (χ1v) is 9.18. The van der Waals surface area contributed by atoms with Gasteiger partial charge in [-0.2, -0.15) is 5.10 Å². The third-order valence-corrected chi connectivity index (χ3v) is 5.31. The molecule has 0 bridgehead atoms. The highest BCUT2D eigenvalue weighted by molar-refractivity contribution is 5.64. The maximum atomic E-state index is 4.31. The first kappa shape index (κ1) is 16.8. The molecule has 1 aliphatic heterocycles. The largest absolute Gasteiger partial charge is 0.369 e. The Morgan fingerprint density at radius 3 is 2.46 bits per heavy atom. The lowest BCUT2D eigenvalue weighted by atomic mass is 10.0. The molecule has 134 valence electrons. The molecule has 1 saturated heterocycles. The second kappa shape index (κ2) is 7.30. The summed E-state index contributed by atoms with van der Waals surface area (Å²) in [5.41, 5.74) is 7.53. The van der Waals surface area contributed by atoms with E-state index < -0.39 is 0 Å². The maximum Gasteiger partial charge on any atom is 0.0695 e. The summed E-state index contributed by atoms with van der Waals surface area (Å²) in [5.74, 6) is 0. The van der Waals surface area contributed by atoms with Gasteiger partial charge >= 0.3 is 0 Å². The predicted molar refractivity (Wildman–Crippen MR) is 105 cm³/mol. The highest BCUT2D eigenvalue weighted by atomic mass is 15.3. The standard InChI is InChI=1S/C21H25N5/c1-16-3-4-18(13-17(16)2)21-19(14-23-24-21)15-25-9-11-26(12-10-25)20-5-7-22-8-6-20/h3-8,13-14H,9-12,15H2,1-2H3,(H,23,24). The third-order valence-electron chi connectivity index (χ3n) is 5.31. The van der Waals surface area contributed by atoms with Gasteiger partial charge in [0.05, 0.1) is 11.9 Å². The van der Waals surface area contributed by atoms with E-state index in [2.05, 4.69) is 69.2 Å². The summed E-state index contributed by atoms with van der Waals surface area (Å²) in [6.45, 7) is 9.44. The fraction of sp³-hybridized carbons (Fsp3) is 0.333. The third kappa shape index (κ3) is 3.48. The van der Waals surface area contributed by atoms with Crippen LogP contribution in [0.25, 0.3) is 11.3 Å². The summed E-state index contributed by atoms with van der Waals surface area (Å²) in [5, 5.41) is 7.51. The molecule has 1 fully saturated rings. The zero-order valence-electron chi connectivity index (χ0n) is 15.4. The van der Waals surface area contributed by atoms with Gasteiger partial charge in [-0.15, -0.1) is 0 Å². The van der Waals surface area contributed by atoms with Crippen molar-refractivity contribution in [1.82, 2.24) is 20.1 Å². The van der Waals surface area contributed by atoms with E-state index in [-0.39, 0.29) is 0 Å². The number of benzene rings is 1. The van der Waals surface area contributed by atoms with Crippen molar-refractivity contribution in [3.63, 3.8) is 0 Å². The number of nitrogens with one attached hydrogen (secondary N) is 1. The van der Waals surface area contributed by atoms with Crippen molar-refractivity contribution in [1.29, 1.82) is 0 Å². The number of rotatable bonds is 4. The van der Waals surface area contributed by atoms with Crippen LogP contribution < -0.4 is 4.90 Å². The van der Waals surface area contributed by atoms with Gasteiger partial charge in [-0.3, -0.25) is 15.0 Å². The minimum absolute atomic E-state index is 0.933. The summed E-state index contributed by atoms with van der Waals surface area (Å²) in [6, 6.07) is 10.8. The van der Waals surface area contributed by atoms with Crippen molar-refractivity contribution in [3.05, 3.63) is 65.6 Å². The Morgan fingerprint density at radius 2 is 1.73 bits per heavy atom. The van der Waals surface area contributed by atoms with Crippen LogP contribution >= 0.6 is 0 Å². The molecule has 26 heavy (non-hydrogen) atoms. The van der Waals surface area contributed by atoms with E-state index in [0.717, 1.165) is 38.4 Å². The van der Waals surface area contributed by atoms with Gasteiger partial charge in [-0.05, 0) is 43.2 Å². The van der Waals surface area contributed by atoms with Crippen molar-refractivity contribution < 1.29 is 0 Å². The highest BCUT2D eigenvalue weighted by Gasteiger charge is 2.19. The molecule has 0 saturated carbocycles. The number of aromatic nitrogens is 3. The number of anilines is 1. The Balaban J connectivity index is 1.43. The molecule has 0 radical (unpaired) electrons. The van der Waals surface area contributed by atoms with Crippen LogP contribution in [0, 0.1) is 13.8 Å². The van der Waals surface area contributed by atoms with Crippen LogP contribution in [0.3, 0.4) is 0 Å². The number of pyridine rings is 1. The molecule has 3 heterocycles. The second-order valence-electron chi connectivity index (χ2n) is 7.04. The van der Waals surface area contributed by atoms with E-state index in [1.165, 1.54) is 27.9 Å². The smallest absolute Gasteiger partial charge is 0.0695 e. The fourth-order valence-corrected chi connectivity index (χ4v) is 3.54. The molecule has 0 amide bonds. The number of nitrogens with zero attached hydrogens (tertiary/aromatic N) is 4. The highest BCUT2D eigenvalue weighted by Crippen LogP contribution is 2.25. The van der Waals surface area contributed by atoms with Crippen molar-refractivity contribution in [3.8, 4) is 11.3 Å². The van der Waals surface area contributed by atoms with Gasteiger partial charge in [0.15, 0.2) is 0 Å². The maximum absolute atomic E-state index is 4.31. The van der Waals surface area contributed by atoms with Crippen molar-refractivity contribution in [2.45, 2.75) is 20.4 Å². The minimum Gasteiger partial charge on any atom is -0.369 e. The molecule has 3 aromatic rings. The zero-order chi connectivity index (χ0) is 17.9. The SMILES string of the molecule is Cc1ccc(-c2[nH]ncc2CN2CCN(c3ccncc3)CC2)cc1C. The molecule has 2 aromatic heterocycles. The summed E-state index contributed by atoms with van der Waals surface area (Å²) >= 11 is 0. The van der Waals surface area contributed by atoms with Gasteiger partial charge in [0, 0.05) is 61.9 Å². The van der Waals surface area contributed by atoms with Crippen molar-refractivity contribution >= 4 is 5.69 Å². The molecule has 0 aliphatic carbocycles. The molecule has 0 spiro atoms. The van der Waals surface area contributed by atoms with Crippen LogP contribution in [-0.2, 0) is 6.54 Å². The molecule has 0 unspecified atom stereocenters. The number of H-pyrrole nitrogens is 1. The topological polar surface area (TPSA) is 48.1 Å². The van der Waals surface area contributed by atoms with Gasteiger partial charge in [0.25, 0.3) is 0 Å². The van der Waals surface area contributed by atoms with E-state index in [4.69, 9.17) is 0 Å². The first-order chi connectivity index (χ1) is 12.7. The summed E-state index contributed by atoms with van der Waals surface area (Å²) in [6.07, 6.45) is 5.70. The number of piperazine rings is 1. The molecule has 5 nitrogen and oxygen atoms in total. The molecule has 1 N–H and O–H groups in total. The Bertz CT molecular complexity index is 863. The zero-order valence-corrected chi connectivity index (χ0v) is 15.4. The van der Waals surface area contributed by atoms with Crippen molar-refractivity contribution in [2.75, 3.05) is 31.1 Å². The lowest BCUT2D eigenvalue weighted by Crippen LogP contribution is -2.46. The predicted octanol–water partition coefficient (Wildman–Crippen LogP) is 3.41. The lowest BCUT2D eigenvalue weighted by Gasteiger charge is -2.36. The van der Waals surface area contributed by atoms with Crippen LogP contribution in [0.2, 0.25) is 0 Å². The van der Waals surface area contributed by atoms with Crippen molar-refractivity contribution in [2.24, 2.45) is 0 Å². The van der Waals surface area contributed by atoms with Crippen LogP contribution in [0.15, 0.2) is 48.9 Å². The van der Waals surface area contributed by atoms with Gasteiger partial charge < -0.3 is 4.90 Å². The second-order valence-corrected chi connectivity index (χ2v) is 7.04. The van der Waals surface area contributed by atoms with Crippen LogP contribution in [0.4, 0.5) is 5.69 Å². The van der Waals surface area contributed by atoms with E-state index in [0.29, 0.717) is 0 Å². The molecule has 5 heteroatoms. The van der Waals surface area contributed by atoms with Crippen LogP contribution in [0.5, 0.6) is 0 Å². The number of aromatic amines is 1. The van der Waals surface area contributed by atoms with Crippen LogP contribution in [-0.4, -0.2) is 46.3 Å². The van der Waals surface area contributed by atoms with E-state index in [1.54, 1.807) is 0 Å². The Morgan fingerprint density at radius 1 is 0.962 bits per heavy atom. The first-order valence-electron chi connectivity index (χ1n) is 9.18. The van der Waals surface area contributed by atoms with E-state index in [9.17, 15) is 0 Å². The summed E-state index contributed by atoms with van der Waals surface area (Å²) < 4.78 is 0. The van der Waals surface area contributed by atoms with Crippen LogP contribution in [0.1, 0.15) is 16.7 Å². The number of aryl methyl sites for hydroxylation is 2. The summed E-state index contributed by atoms with van der Waals surface area (Å²) in [7, 11) is 0. The normalized spacial score (nSPS) is 15.4. The van der Waals surface area contributed by atoms with Gasteiger partial charge in [0.1, 0.15) is 0 Å². The number of hydrogen-bond donors (Lipinski definition) is 1. The Kier molecular flexibility index (Phi) is 4.71. The minimum atomic E-state index is 0.933. The number of hydrogen-bond acceptors (Lipinski definition) is 4. The van der Waals surface area contributed by atoms with E-state index >= 15 is 0 Å². The molecular formula is C21H25N5. The Hall–Kier alpha value is -2.66. The molecule has 1 aromatic carbocycles. The summed E-state index contributed by atoms with van der Waals surface area (Å²) in [4.78, 5) is 9.04. The van der Waals surface area contributed by atoms with Gasteiger partial charge in [-0.25, -0.2) is 0 Å². The lowest BCUT2D eigenvalue weighted by molar-refractivity contribution is 0.250. The average molecular weight is 347 g/mol. The molecule has 0 atom stereocenters.